The molecule has 1 aromatic carbocycles. The normalized spacial score (nSPS) is 18.4. The second-order valence-corrected chi connectivity index (χ2v) is 5.06. The molecule has 1 fully saturated rings. The number of piperidine rings is 1. The minimum atomic E-state index is -1.27. The quantitative estimate of drug-likeness (QED) is 0.725. The van der Waals surface area contributed by atoms with E-state index in [9.17, 15) is 19.1 Å². The number of rotatable bonds is 3. The second kappa shape index (κ2) is 5.99. The number of carbonyl (C=O) groups is 2. The third-order valence-corrected chi connectivity index (χ3v) is 3.76. The molecule has 0 spiro atoms. The highest BCUT2D eigenvalue weighted by atomic mass is 19.1. The van der Waals surface area contributed by atoms with E-state index in [4.69, 9.17) is 5.73 Å². The Morgan fingerprint density at radius 3 is 2.81 bits per heavy atom. The summed E-state index contributed by atoms with van der Waals surface area (Å²) in [6.07, 6.45) is 1.50. The molecule has 1 saturated heterocycles. The fourth-order valence-corrected chi connectivity index (χ4v) is 2.68. The number of carbonyl (C=O) groups excluding carboxylic acids is 1. The SMILES string of the molecule is CNC(=O)C1CCCN(c2ccc(F)c(N)c2C(=O)O)C1. The summed E-state index contributed by atoms with van der Waals surface area (Å²) < 4.78 is 13.5. The van der Waals surface area contributed by atoms with Gasteiger partial charge in [0.1, 0.15) is 11.4 Å². The summed E-state index contributed by atoms with van der Waals surface area (Å²) in [6, 6.07) is 2.56. The molecular weight excluding hydrogens is 277 g/mol. The maximum Gasteiger partial charge on any atom is 0.340 e. The fourth-order valence-electron chi connectivity index (χ4n) is 2.68. The molecule has 1 aliphatic rings. The van der Waals surface area contributed by atoms with Gasteiger partial charge in [0.05, 0.1) is 17.3 Å². The predicted octanol–water partition coefficient (Wildman–Crippen LogP) is 1.07. The molecule has 7 heteroatoms. The first-order chi connectivity index (χ1) is 9.95. The van der Waals surface area contributed by atoms with Crippen molar-refractivity contribution in [3.63, 3.8) is 0 Å². The van der Waals surface area contributed by atoms with Gasteiger partial charge in [-0.1, -0.05) is 0 Å². The van der Waals surface area contributed by atoms with E-state index in [1.165, 1.54) is 6.07 Å². The number of carboxylic acid groups (broad SMARTS) is 1. The third kappa shape index (κ3) is 2.91. The molecule has 0 aromatic heterocycles. The Morgan fingerprint density at radius 2 is 2.19 bits per heavy atom. The van der Waals surface area contributed by atoms with Crippen molar-refractivity contribution in [2.75, 3.05) is 30.8 Å². The average molecular weight is 295 g/mol. The van der Waals surface area contributed by atoms with Gasteiger partial charge in [0.2, 0.25) is 5.91 Å². The van der Waals surface area contributed by atoms with E-state index in [2.05, 4.69) is 5.32 Å². The molecule has 1 amide bonds. The summed E-state index contributed by atoms with van der Waals surface area (Å²) in [5.74, 6) is -2.32. The summed E-state index contributed by atoms with van der Waals surface area (Å²) in [4.78, 5) is 24.9. The number of hydrogen-bond donors (Lipinski definition) is 3. The Kier molecular flexibility index (Phi) is 4.30. The first-order valence-electron chi connectivity index (χ1n) is 6.73. The molecule has 1 aromatic rings. The molecule has 1 atom stereocenters. The van der Waals surface area contributed by atoms with E-state index in [0.29, 0.717) is 18.8 Å². The van der Waals surface area contributed by atoms with Crippen LogP contribution in [0.1, 0.15) is 23.2 Å². The summed E-state index contributed by atoms with van der Waals surface area (Å²) in [5, 5.41) is 11.9. The van der Waals surface area contributed by atoms with Gasteiger partial charge in [0.15, 0.2) is 0 Å². The van der Waals surface area contributed by atoms with Crippen LogP contribution in [0.15, 0.2) is 12.1 Å². The number of nitrogens with one attached hydrogen (secondary N) is 1. The van der Waals surface area contributed by atoms with Gasteiger partial charge >= 0.3 is 5.97 Å². The molecule has 4 N–H and O–H groups in total. The number of halogens is 1. The van der Waals surface area contributed by atoms with Gasteiger partial charge < -0.3 is 21.1 Å². The molecule has 6 nitrogen and oxygen atoms in total. The average Bonchev–Trinajstić information content (AvgIpc) is 2.48. The van der Waals surface area contributed by atoms with E-state index >= 15 is 0 Å². The monoisotopic (exact) mass is 295 g/mol. The maximum absolute atomic E-state index is 13.5. The minimum absolute atomic E-state index is 0.0772. The van der Waals surface area contributed by atoms with E-state index in [1.807, 2.05) is 0 Å². The molecular formula is C14H18FN3O3. The number of nitrogens with two attached hydrogens (primary N) is 1. The molecule has 0 radical (unpaired) electrons. The summed E-state index contributed by atoms with van der Waals surface area (Å²) in [5.41, 5.74) is 5.29. The first kappa shape index (κ1) is 15.1. The van der Waals surface area contributed by atoms with Crippen LogP contribution in [0.4, 0.5) is 15.8 Å². The molecule has 0 aliphatic carbocycles. The van der Waals surface area contributed by atoms with E-state index < -0.39 is 11.8 Å². The van der Waals surface area contributed by atoms with Gasteiger partial charge in [-0.25, -0.2) is 9.18 Å². The highest BCUT2D eigenvalue weighted by Crippen LogP contribution is 2.31. The van der Waals surface area contributed by atoms with Crippen molar-refractivity contribution in [1.29, 1.82) is 0 Å². The highest BCUT2D eigenvalue weighted by Gasteiger charge is 2.28. The molecule has 1 aliphatic heterocycles. The Morgan fingerprint density at radius 1 is 1.48 bits per heavy atom. The van der Waals surface area contributed by atoms with Crippen LogP contribution in [0, 0.1) is 11.7 Å². The lowest BCUT2D eigenvalue weighted by Gasteiger charge is -2.34. The van der Waals surface area contributed by atoms with Crippen molar-refractivity contribution in [1.82, 2.24) is 5.32 Å². The Labute approximate surface area is 121 Å². The van der Waals surface area contributed by atoms with Crippen molar-refractivity contribution in [3.8, 4) is 0 Å². The molecule has 21 heavy (non-hydrogen) atoms. The summed E-state index contributed by atoms with van der Waals surface area (Å²) >= 11 is 0. The van der Waals surface area contributed by atoms with Crippen molar-refractivity contribution < 1.29 is 19.1 Å². The molecule has 0 saturated carbocycles. The van der Waals surface area contributed by atoms with Crippen LogP contribution < -0.4 is 16.0 Å². The molecule has 1 heterocycles. The summed E-state index contributed by atoms with van der Waals surface area (Å²) in [6.45, 7) is 1.00. The van der Waals surface area contributed by atoms with Crippen molar-refractivity contribution >= 4 is 23.3 Å². The van der Waals surface area contributed by atoms with Crippen molar-refractivity contribution in [2.45, 2.75) is 12.8 Å². The van der Waals surface area contributed by atoms with E-state index in [1.54, 1.807) is 11.9 Å². The Balaban J connectivity index is 2.35. The van der Waals surface area contributed by atoms with Crippen LogP contribution in [0.3, 0.4) is 0 Å². The van der Waals surface area contributed by atoms with Crippen LogP contribution >= 0.6 is 0 Å². The number of carboxylic acids is 1. The van der Waals surface area contributed by atoms with Crippen molar-refractivity contribution in [2.24, 2.45) is 5.92 Å². The minimum Gasteiger partial charge on any atom is -0.478 e. The van der Waals surface area contributed by atoms with Gasteiger partial charge in [0.25, 0.3) is 0 Å². The lowest BCUT2D eigenvalue weighted by molar-refractivity contribution is -0.124. The third-order valence-electron chi connectivity index (χ3n) is 3.76. The molecule has 114 valence electrons. The molecule has 1 unspecified atom stereocenters. The van der Waals surface area contributed by atoms with Crippen LogP contribution in [-0.4, -0.2) is 37.1 Å². The zero-order chi connectivity index (χ0) is 15.6. The lowest BCUT2D eigenvalue weighted by atomic mass is 9.95. The van der Waals surface area contributed by atoms with Crippen LogP contribution in [0.2, 0.25) is 0 Å². The zero-order valence-corrected chi connectivity index (χ0v) is 11.7. The summed E-state index contributed by atoms with van der Waals surface area (Å²) in [7, 11) is 1.57. The van der Waals surface area contributed by atoms with E-state index in [-0.39, 0.29) is 23.1 Å². The second-order valence-electron chi connectivity index (χ2n) is 5.06. The molecule has 2 rings (SSSR count). The smallest absolute Gasteiger partial charge is 0.340 e. The maximum atomic E-state index is 13.5. The number of amides is 1. The number of hydrogen-bond acceptors (Lipinski definition) is 4. The zero-order valence-electron chi connectivity index (χ0n) is 11.7. The Bertz CT molecular complexity index is 577. The number of aromatic carboxylic acids is 1. The number of nitrogens with zero attached hydrogens (tertiary/aromatic N) is 1. The van der Waals surface area contributed by atoms with Gasteiger partial charge in [-0.3, -0.25) is 4.79 Å². The van der Waals surface area contributed by atoms with Crippen LogP contribution in [0.25, 0.3) is 0 Å². The Hall–Kier alpha value is -2.31. The van der Waals surface area contributed by atoms with Crippen LogP contribution in [-0.2, 0) is 4.79 Å². The molecule has 0 bridgehead atoms. The number of benzene rings is 1. The topological polar surface area (TPSA) is 95.7 Å². The lowest BCUT2D eigenvalue weighted by Crippen LogP contribution is -2.42. The highest BCUT2D eigenvalue weighted by molar-refractivity contribution is 6.00. The first-order valence-corrected chi connectivity index (χ1v) is 6.73. The van der Waals surface area contributed by atoms with Crippen molar-refractivity contribution in [3.05, 3.63) is 23.5 Å². The van der Waals surface area contributed by atoms with Gasteiger partial charge in [-0.2, -0.15) is 0 Å². The standard InChI is InChI=1S/C14H18FN3O3/c1-17-13(19)8-3-2-6-18(7-8)10-5-4-9(15)12(16)11(10)14(20)21/h4-5,8H,2-3,6-7,16H2,1H3,(H,17,19)(H,20,21). The number of nitrogen functional groups attached to an aromatic ring is 1. The van der Waals surface area contributed by atoms with Crippen LogP contribution in [0.5, 0.6) is 0 Å². The predicted molar refractivity (Wildman–Crippen MR) is 76.8 cm³/mol. The number of anilines is 2. The van der Waals surface area contributed by atoms with Gasteiger partial charge in [-0.15, -0.1) is 0 Å². The van der Waals surface area contributed by atoms with E-state index in [0.717, 1.165) is 18.9 Å². The van der Waals surface area contributed by atoms with Gasteiger partial charge in [-0.05, 0) is 25.0 Å². The fraction of sp³-hybridized carbons (Fsp3) is 0.429. The largest absolute Gasteiger partial charge is 0.478 e. The van der Waals surface area contributed by atoms with Gasteiger partial charge in [0, 0.05) is 20.1 Å².